The standard InChI is InChI=1S/C16H11NO3/c18-11-13-10-17(14-8-4-5-9-15(14)20-13)16(19)12-6-2-1-3-7-12/h1-11H. The van der Waals surface area contributed by atoms with Crippen molar-refractivity contribution < 1.29 is 14.3 Å². The minimum Gasteiger partial charge on any atom is -0.450 e. The van der Waals surface area contributed by atoms with E-state index in [2.05, 4.69) is 0 Å². The third-order valence-electron chi connectivity index (χ3n) is 2.96. The molecule has 1 aliphatic heterocycles. The van der Waals surface area contributed by atoms with Crippen LogP contribution >= 0.6 is 0 Å². The summed E-state index contributed by atoms with van der Waals surface area (Å²) >= 11 is 0. The van der Waals surface area contributed by atoms with E-state index in [-0.39, 0.29) is 11.7 Å². The molecule has 0 unspecified atom stereocenters. The first-order valence-corrected chi connectivity index (χ1v) is 6.12. The van der Waals surface area contributed by atoms with Crippen LogP contribution in [0.15, 0.2) is 66.6 Å². The van der Waals surface area contributed by atoms with Crippen LogP contribution in [0.1, 0.15) is 10.4 Å². The lowest BCUT2D eigenvalue weighted by Gasteiger charge is -2.26. The molecule has 0 saturated heterocycles. The Labute approximate surface area is 115 Å². The summed E-state index contributed by atoms with van der Waals surface area (Å²) < 4.78 is 5.40. The van der Waals surface area contributed by atoms with E-state index in [9.17, 15) is 9.59 Å². The van der Waals surface area contributed by atoms with Crippen LogP contribution in [0.3, 0.4) is 0 Å². The molecule has 0 saturated carbocycles. The number of para-hydroxylation sites is 2. The number of fused-ring (bicyclic) bond motifs is 1. The molecule has 4 nitrogen and oxygen atoms in total. The summed E-state index contributed by atoms with van der Waals surface area (Å²) in [5, 5.41) is 0. The van der Waals surface area contributed by atoms with Crippen molar-refractivity contribution in [2.45, 2.75) is 0 Å². The number of allylic oxidation sites excluding steroid dienone is 1. The van der Waals surface area contributed by atoms with Gasteiger partial charge >= 0.3 is 0 Å². The Morgan fingerprint density at radius 3 is 2.45 bits per heavy atom. The van der Waals surface area contributed by atoms with Crippen LogP contribution < -0.4 is 9.64 Å². The van der Waals surface area contributed by atoms with E-state index >= 15 is 0 Å². The second-order valence-corrected chi connectivity index (χ2v) is 4.26. The number of aldehydes is 1. The number of carbonyl (C=O) groups is 2. The lowest BCUT2D eigenvalue weighted by atomic mass is 10.1. The lowest BCUT2D eigenvalue weighted by molar-refractivity contribution is -0.106. The Bertz CT molecular complexity index is 692. The summed E-state index contributed by atoms with van der Waals surface area (Å²) in [5.41, 5.74) is 1.16. The van der Waals surface area contributed by atoms with E-state index in [1.165, 1.54) is 11.1 Å². The quantitative estimate of drug-likeness (QED) is 0.784. The topological polar surface area (TPSA) is 46.6 Å². The summed E-state index contributed by atoms with van der Waals surface area (Å²) in [6.45, 7) is 0. The number of hydrogen-bond donors (Lipinski definition) is 0. The molecule has 1 aliphatic rings. The van der Waals surface area contributed by atoms with Crippen molar-refractivity contribution in [1.29, 1.82) is 0 Å². The summed E-state index contributed by atoms with van der Waals surface area (Å²) in [6.07, 6.45) is 1.99. The number of amides is 1. The molecule has 0 aromatic heterocycles. The highest BCUT2D eigenvalue weighted by Gasteiger charge is 2.24. The van der Waals surface area contributed by atoms with Crippen LogP contribution in [0.4, 0.5) is 5.69 Å². The molecule has 0 radical (unpaired) electrons. The van der Waals surface area contributed by atoms with Crippen LogP contribution in [0.25, 0.3) is 0 Å². The van der Waals surface area contributed by atoms with Gasteiger partial charge in [0.25, 0.3) is 5.91 Å². The molecule has 2 aromatic rings. The molecule has 20 heavy (non-hydrogen) atoms. The first kappa shape index (κ1) is 12.2. The predicted octanol–water partition coefficient (Wildman–Crippen LogP) is 2.77. The third-order valence-corrected chi connectivity index (χ3v) is 2.96. The maximum absolute atomic E-state index is 12.5. The largest absolute Gasteiger partial charge is 0.450 e. The molecular weight excluding hydrogens is 254 g/mol. The highest BCUT2D eigenvalue weighted by molar-refractivity contribution is 6.09. The van der Waals surface area contributed by atoms with Gasteiger partial charge in [-0.3, -0.25) is 14.5 Å². The van der Waals surface area contributed by atoms with E-state index in [4.69, 9.17) is 4.74 Å². The van der Waals surface area contributed by atoms with Gasteiger partial charge in [-0.05, 0) is 24.3 Å². The smallest absolute Gasteiger partial charge is 0.262 e. The average Bonchev–Trinajstić information content (AvgIpc) is 2.54. The normalized spacial score (nSPS) is 13.0. The Hall–Kier alpha value is -2.88. The van der Waals surface area contributed by atoms with Gasteiger partial charge in [0, 0.05) is 5.56 Å². The first-order valence-electron chi connectivity index (χ1n) is 6.12. The molecule has 1 heterocycles. The first-order chi connectivity index (χ1) is 9.79. The summed E-state index contributed by atoms with van der Waals surface area (Å²) in [4.78, 5) is 24.9. The molecule has 0 bridgehead atoms. The van der Waals surface area contributed by atoms with E-state index < -0.39 is 0 Å². The van der Waals surface area contributed by atoms with Crippen molar-refractivity contribution in [3.8, 4) is 5.75 Å². The van der Waals surface area contributed by atoms with Gasteiger partial charge in [0.05, 0.1) is 11.9 Å². The van der Waals surface area contributed by atoms with Gasteiger partial charge in [-0.2, -0.15) is 0 Å². The number of rotatable bonds is 2. The van der Waals surface area contributed by atoms with Gasteiger partial charge in [0.2, 0.25) is 0 Å². The Morgan fingerprint density at radius 1 is 1.00 bits per heavy atom. The van der Waals surface area contributed by atoms with Gasteiger partial charge in [-0.15, -0.1) is 0 Å². The van der Waals surface area contributed by atoms with E-state index in [0.29, 0.717) is 23.3 Å². The van der Waals surface area contributed by atoms with Crippen molar-refractivity contribution in [3.05, 3.63) is 72.1 Å². The molecule has 2 aromatic carbocycles. The fourth-order valence-corrected chi connectivity index (χ4v) is 2.03. The monoisotopic (exact) mass is 265 g/mol. The van der Waals surface area contributed by atoms with Gasteiger partial charge < -0.3 is 4.74 Å². The van der Waals surface area contributed by atoms with Gasteiger partial charge in [-0.1, -0.05) is 30.3 Å². The number of hydrogen-bond acceptors (Lipinski definition) is 3. The maximum atomic E-state index is 12.5. The molecule has 98 valence electrons. The summed E-state index contributed by atoms with van der Waals surface area (Å²) in [6, 6.07) is 16.0. The van der Waals surface area contributed by atoms with Crippen LogP contribution in [0, 0.1) is 0 Å². The molecule has 0 fully saturated rings. The minimum absolute atomic E-state index is 0.105. The lowest BCUT2D eigenvalue weighted by Crippen LogP contribution is -2.29. The van der Waals surface area contributed by atoms with Crippen LogP contribution in [-0.2, 0) is 4.79 Å². The zero-order valence-electron chi connectivity index (χ0n) is 10.5. The van der Waals surface area contributed by atoms with E-state index in [1.54, 1.807) is 42.5 Å². The van der Waals surface area contributed by atoms with Crippen LogP contribution in [0.5, 0.6) is 5.75 Å². The van der Waals surface area contributed by atoms with Gasteiger partial charge in [-0.25, -0.2) is 0 Å². The highest BCUT2D eigenvalue weighted by atomic mass is 16.5. The number of carbonyl (C=O) groups excluding carboxylic acids is 2. The fraction of sp³-hybridized carbons (Fsp3) is 0. The highest BCUT2D eigenvalue weighted by Crippen LogP contribution is 2.34. The predicted molar refractivity (Wildman–Crippen MR) is 74.5 cm³/mol. The van der Waals surface area contributed by atoms with Crippen LogP contribution in [0.2, 0.25) is 0 Å². The number of nitrogens with zero attached hydrogens (tertiary/aromatic N) is 1. The maximum Gasteiger partial charge on any atom is 0.262 e. The van der Waals surface area contributed by atoms with E-state index in [0.717, 1.165) is 0 Å². The molecule has 3 rings (SSSR count). The Morgan fingerprint density at radius 2 is 1.70 bits per heavy atom. The minimum atomic E-state index is -0.208. The Balaban J connectivity index is 2.06. The SMILES string of the molecule is O=CC1=CN(C(=O)c2ccccc2)c2ccccc2O1. The molecule has 4 heteroatoms. The number of ether oxygens (including phenoxy) is 1. The molecule has 0 N–H and O–H groups in total. The summed E-state index contributed by atoms with van der Waals surface area (Å²) in [7, 11) is 0. The third kappa shape index (κ3) is 2.07. The molecular formula is C16H11NO3. The van der Waals surface area contributed by atoms with Crippen molar-refractivity contribution in [2.24, 2.45) is 0 Å². The van der Waals surface area contributed by atoms with Gasteiger partial charge in [0.15, 0.2) is 17.8 Å². The molecule has 1 amide bonds. The van der Waals surface area contributed by atoms with Crippen molar-refractivity contribution in [2.75, 3.05) is 4.90 Å². The fourth-order valence-electron chi connectivity index (χ4n) is 2.03. The number of anilines is 1. The van der Waals surface area contributed by atoms with Crippen molar-refractivity contribution in [1.82, 2.24) is 0 Å². The van der Waals surface area contributed by atoms with Gasteiger partial charge in [0.1, 0.15) is 0 Å². The Kier molecular flexibility index (Phi) is 3.05. The van der Waals surface area contributed by atoms with Crippen molar-refractivity contribution in [3.63, 3.8) is 0 Å². The second kappa shape index (κ2) is 5.01. The average molecular weight is 265 g/mol. The summed E-state index contributed by atoms with van der Waals surface area (Å²) in [5.74, 6) is 0.384. The zero-order valence-corrected chi connectivity index (χ0v) is 10.5. The zero-order chi connectivity index (χ0) is 13.9. The van der Waals surface area contributed by atoms with Crippen LogP contribution in [-0.4, -0.2) is 12.2 Å². The molecule has 0 atom stereocenters. The van der Waals surface area contributed by atoms with E-state index in [1.807, 2.05) is 12.1 Å². The molecule has 0 aliphatic carbocycles. The number of benzene rings is 2. The van der Waals surface area contributed by atoms with Crippen molar-refractivity contribution >= 4 is 17.9 Å². The molecule has 0 spiro atoms. The second-order valence-electron chi connectivity index (χ2n) is 4.26.